The topological polar surface area (TPSA) is 34.1 Å². The molecule has 6 heteroatoms. The average molecular weight is 441 g/mol. The molecule has 0 spiro atoms. The summed E-state index contributed by atoms with van der Waals surface area (Å²) in [5.74, 6) is 1.77. The second kappa shape index (κ2) is 6.69. The van der Waals surface area contributed by atoms with E-state index in [4.69, 9.17) is 14.6 Å². The van der Waals surface area contributed by atoms with Crippen LogP contribution in [-0.2, 0) is 0 Å². The van der Waals surface area contributed by atoms with Crippen LogP contribution in [0.1, 0.15) is 34.7 Å². The highest BCUT2D eigenvalue weighted by atomic mass is 79.9. The second-order valence-corrected chi connectivity index (χ2v) is 8.44. The van der Waals surface area contributed by atoms with Gasteiger partial charge in [0, 0.05) is 22.0 Å². The summed E-state index contributed by atoms with van der Waals surface area (Å²) in [7, 11) is 1.69. The van der Waals surface area contributed by atoms with Gasteiger partial charge in [0.15, 0.2) is 0 Å². The van der Waals surface area contributed by atoms with Gasteiger partial charge in [0.1, 0.15) is 11.5 Å². The molecule has 27 heavy (non-hydrogen) atoms. The fraction of sp³-hybridized carbons (Fsp3) is 0.190. The molecule has 0 unspecified atom stereocenters. The molecule has 3 aromatic rings. The Balaban J connectivity index is 1.59. The summed E-state index contributed by atoms with van der Waals surface area (Å²) in [6.07, 6.45) is 0.633. The molecule has 4 nitrogen and oxygen atoms in total. The highest BCUT2D eigenvalue weighted by Crippen LogP contribution is 2.48. The van der Waals surface area contributed by atoms with E-state index in [1.807, 2.05) is 30.3 Å². The first-order valence-corrected chi connectivity index (χ1v) is 10.4. The van der Waals surface area contributed by atoms with Gasteiger partial charge in [0.2, 0.25) is 6.23 Å². The predicted octanol–water partition coefficient (Wildman–Crippen LogP) is 5.76. The highest BCUT2D eigenvalue weighted by Gasteiger charge is 2.41. The van der Waals surface area contributed by atoms with E-state index >= 15 is 0 Å². The van der Waals surface area contributed by atoms with Crippen LogP contribution in [0.25, 0.3) is 0 Å². The van der Waals surface area contributed by atoms with E-state index < -0.39 is 0 Å². The molecule has 0 bridgehead atoms. The third kappa shape index (κ3) is 2.93. The lowest BCUT2D eigenvalue weighted by Gasteiger charge is -2.37. The monoisotopic (exact) mass is 440 g/mol. The molecule has 2 aliphatic rings. The molecule has 1 aromatic heterocycles. The normalized spacial score (nSPS) is 20.5. The number of benzene rings is 2. The molecule has 0 fully saturated rings. The van der Waals surface area contributed by atoms with Gasteiger partial charge in [-0.05, 0) is 41.8 Å². The lowest BCUT2D eigenvalue weighted by Crippen LogP contribution is -2.33. The number of fused-ring (bicyclic) bond motifs is 3. The van der Waals surface area contributed by atoms with Crippen molar-refractivity contribution in [2.45, 2.75) is 18.7 Å². The molecular formula is C21H17BrN2O2S. The van der Waals surface area contributed by atoms with Gasteiger partial charge >= 0.3 is 0 Å². The van der Waals surface area contributed by atoms with Crippen molar-refractivity contribution in [2.75, 3.05) is 7.11 Å². The smallest absolute Gasteiger partial charge is 0.222 e. The molecule has 2 aromatic carbocycles. The maximum atomic E-state index is 6.36. The Morgan fingerprint density at radius 3 is 2.93 bits per heavy atom. The van der Waals surface area contributed by atoms with Gasteiger partial charge in [-0.1, -0.05) is 34.1 Å². The van der Waals surface area contributed by atoms with Gasteiger partial charge in [-0.15, -0.1) is 11.3 Å². The number of hydrogen-bond donors (Lipinski definition) is 0. The van der Waals surface area contributed by atoms with Crippen molar-refractivity contribution in [1.29, 1.82) is 0 Å². The zero-order valence-corrected chi connectivity index (χ0v) is 17.0. The van der Waals surface area contributed by atoms with E-state index in [0.29, 0.717) is 0 Å². The highest BCUT2D eigenvalue weighted by molar-refractivity contribution is 9.10. The molecule has 2 aliphatic heterocycles. The van der Waals surface area contributed by atoms with Crippen molar-refractivity contribution in [3.63, 3.8) is 0 Å². The van der Waals surface area contributed by atoms with E-state index in [9.17, 15) is 0 Å². The molecule has 0 saturated heterocycles. The number of halogens is 1. The Labute approximate surface area is 170 Å². The quantitative estimate of drug-likeness (QED) is 0.518. The van der Waals surface area contributed by atoms with Crippen molar-refractivity contribution < 1.29 is 9.47 Å². The maximum Gasteiger partial charge on any atom is 0.222 e. The molecule has 136 valence electrons. The zero-order chi connectivity index (χ0) is 18.4. The summed E-state index contributed by atoms with van der Waals surface area (Å²) < 4.78 is 12.8. The largest absolute Gasteiger partial charge is 0.497 e. The van der Waals surface area contributed by atoms with Gasteiger partial charge in [0.25, 0.3) is 0 Å². The lowest BCUT2D eigenvalue weighted by molar-refractivity contribution is -0.0166. The molecule has 3 heterocycles. The number of thiophene rings is 1. The van der Waals surface area contributed by atoms with E-state index in [1.54, 1.807) is 18.4 Å². The Kier molecular flexibility index (Phi) is 4.17. The number of nitrogens with zero attached hydrogens (tertiary/aromatic N) is 2. The molecule has 0 amide bonds. The molecule has 0 N–H and O–H groups in total. The second-order valence-electron chi connectivity index (χ2n) is 6.55. The van der Waals surface area contributed by atoms with E-state index in [1.165, 1.54) is 5.56 Å². The summed E-state index contributed by atoms with van der Waals surface area (Å²) >= 11 is 5.29. The van der Waals surface area contributed by atoms with Gasteiger partial charge in [-0.25, -0.2) is 5.01 Å². The lowest BCUT2D eigenvalue weighted by atomic mass is 9.96. The van der Waals surface area contributed by atoms with Crippen molar-refractivity contribution in [3.8, 4) is 11.5 Å². The van der Waals surface area contributed by atoms with Crippen molar-refractivity contribution in [1.82, 2.24) is 5.01 Å². The minimum Gasteiger partial charge on any atom is -0.497 e. The van der Waals surface area contributed by atoms with Crippen LogP contribution in [-0.4, -0.2) is 17.8 Å². The number of ether oxygens (including phenoxy) is 2. The van der Waals surface area contributed by atoms with Crippen LogP contribution in [0, 0.1) is 0 Å². The predicted molar refractivity (Wildman–Crippen MR) is 111 cm³/mol. The molecular weight excluding hydrogens is 424 g/mol. The standard InChI is InChI=1S/C21H17BrN2O2S/c1-25-15-5-2-4-13(10-15)17-12-18-16-11-14(22)7-8-19(16)26-21(24(18)23-17)20-6-3-9-27-20/h2-11,18,21H,12H2,1H3/t18-,21-/m0/s1. The van der Waals surface area contributed by atoms with Crippen molar-refractivity contribution >= 4 is 33.0 Å². The van der Waals surface area contributed by atoms with Gasteiger partial charge < -0.3 is 9.47 Å². The third-order valence-electron chi connectivity index (χ3n) is 4.94. The van der Waals surface area contributed by atoms with Gasteiger partial charge in [-0.2, -0.15) is 5.10 Å². The Bertz CT molecular complexity index is 1020. The SMILES string of the molecule is COc1cccc(C2=NN3[C@@H](C2)c2cc(Br)ccc2O[C@H]3c2cccs2)c1. The first-order chi connectivity index (χ1) is 13.2. The Morgan fingerprint density at radius 1 is 1.19 bits per heavy atom. The number of methoxy groups -OCH3 is 1. The third-order valence-corrected chi connectivity index (χ3v) is 6.34. The number of rotatable bonds is 3. The summed E-state index contributed by atoms with van der Waals surface area (Å²) in [5, 5.41) is 9.17. The van der Waals surface area contributed by atoms with Crippen LogP contribution >= 0.6 is 27.3 Å². The van der Waals surface area contributed by atoms with E-state index in [0.717, 1.165) is 38.5 Å². The van der Waals surface area contributed by atoms with Crippen LogP contribution in [0.3, 0.4) is 0 Å². The zero-order valence-electron chi connectivity index (χ0n) is 14.6. The first-order valence-electron chi connectivity index (χ1n) is 8.72. The first kappa shape index (κ1) is 16.8. The summed E-state index contributed by atoms with van der Waals surface area (Å²) in [4.78, 5) is 1.16. The molecule has 0 saturated carbocycles. The maximum absolute atomic E-state index is 6.36. The Hall–Kier alpha value is -2.31. The van der Waals surface area contributed by atoms with Crippen LogP contribution in [0.4, 0.5) is 0 Å². The average Bonchev–Trinajstić information content (AvgIpc) is 3.38. The fourth-order valence-corrected chi connectivity index (χ4v) is 4.78. The van der Waals surface area contributed by atoms with Crippen LogP contribution < -0.4 is 9.47 Å². The van der Waals surface area contributed by atoms with Gasteiger partial charge in [-0.3, -0.25) is 0 Å². The molecule has 5 rings (SSSR count). The number of hydrazone groups is 1. The molecule has 0 radical (unpaired) electrons. The summed E-state index contributed by atoms with van der Waals surface area (Å²) in [6.45, 7) is 0. The Morgan fingerprint density at radius 2 is 2.11 bits per heavy atom. The van der Waals surface area contributed by atoms with Crippen molar-refractivity contribution in [3.05, 3.63) is 80.5 Å². The molecule has 0 aliphatic carbocycles. The van der Waals surface area contributed by atoms with Crippen LogP contribution in [0.5, 0.6) is 11.5 Å². The molecule has 2 atom stereocenters. The van der Waals surface area contributed by atoms with Crippen molar-refractivity contribution in [2.24, 2.45) is 5.10 Å². The van der Waals surface area contributed by atoms with Crippen LogP contribution in [0.15, 0.2) is 69.6 Å². The van der Waals surface area contributed by atoms with Crippen LogP contribution in [0.2, 0.25) is 0 Å². The summed E-state index contributed by atoms with van der Waals surface area (Å²) in [6, 6.07) is 18.6. The minimum atomic E-state index is -0.202. The van der Waals surface area contributed by atoms with E-state index in [-0.39, 0.29) is 12.3 Å². The summed E-state index contributed by atoms with van der Waals surface area (Å²) in [5.41, 5.74) is 3.31. The van der Waals surface area contributed by atoms with Gasteiger partial charge in [0.05, 0.1) is 23.7 Å². The van der Waals surface area contributed by atoms with E-state index in [2.05, 4.69) is 50.6 Å². The fourth-order valence-electron chi connectivity index (χ4n) is 3.65. The minimum absolute atomic E-state index is 0.152. The number of hydrogen-bond acceptors (Lipinski definition) is 5.